The summed E-state index contributed by atoms with van der Waals surface area (Å²) in [6, 6.07) is 0. The van der Waals surface area contributed by atoms with Gasteiger partial charge in [0.25, 0.3) is 0 Å². The third kappa shape index (κ3) is 7.44. The van der Waals surface area contributed by atoms with Crippen LogP contribution in [0.3, 0.4) is 0 Å². The van der Waals surface area contributed by atoms with Crippen molar-refractivity contribution in [2.24, 2.45) is 5.92 Å². The van der Waals surface area contributed by atoms with Gasteiger partial charge in [0.1, 0.15) is 0 Å². The second-order valence-corrected chi connectivity index (χ2v) is 4.93. The smallest absolute Gasteiger partial charge is 1.00 e. The van der Waals surface area contributed by atoms with Crippen LogP contribution in [-0.4, -0.2) is 0 Å². The fourth-order valence-electron chi connectivity index (χ4n) is 2.62. The molecule has 108 valence electrons. The van der Waals surface area contributed by atoms with Gasteiger partial charge in [-0.15, -0.1) is 6.42 Å². The average Bonchev–Trinajstić information content (AvgIpc) is 3.12. The normalized spacial score (nSPS) is 19.1. The van der Waals surface area contributed by atoms with Crippen molar-refractivity contribution in [2.45, 2.75) is 51.9 Å². The summed E-state index contributed by atoms with van der Waals surface area (Å²) in [7, 11) is 0. The molecule has 0 aromatic rings. The maximum absolute atomic E-state index is 3.56. The molecule has 0 radical (unpaired) electrons. The van der Waals surface area contributed by atoms with E-state index >= 15 is 0 Å². The molecular weight excluding hydrogens is 366 g/mol. The predicted molar refractivity (Wildman–Crippen MR) is 73.3 cm³/mol. The van der Waals surface area contributed by atoms with Gasteiger partial charge < -0.3 is 24.8 Å². The third-order valence-corrected chi connectivity index (χ3v) is 3.70. The fraction of sp³-hybridized carbons (Fsp3) is 0.529. The van der Waals surface area contributed by atoms with Gasteiger partial charge in [-0.3, -0.25) is 6.08 Å². The molecule has 0 bridgehead atoms. The van der Waals surface area contributed by atoms with Crippen LogP contribution in [0.5, 0.6) is 0 Å². The van der Waals surface area contributed by atoms with Gasteiger partial charge in [0.2, 0.25) is 0 Å². The SMILES string of the molecule is CCC1=[C-]C(C2CCCC2)=CC1.[C-]1=CC=CC1.[Cl-].[Cl-].[Zr+4]. The summed E-state index contributed by atoms with van der Waals surface area (Å²) >= 11 is 0. The van der Waals surface area contributed by atoms with Crippen LogP contribution in [0.1, 0.15) is 51.9 Å². The van der Waals surface area contributed by atoms with E-state index in [2.05, 4.69) is 31.2 Å². The molecule has 0 spiro atoms. The van der Waals surface area contributed by atoms with Gasteiger partial charge in [-0.2, -0.15) is 11.6 Å². The summed E-state index contributed by atoms with van der Waals surface area (Å²) < 4.78 is 0. The number of allylic oxidation sites excluding steroid dienone is 8. The van der Waals surface area contributed by atoms with Gasteiger partial charge in [0.05, 0.1) is 0 Å². The molecule has 1 saturated carbocycles. The fourth-order valence-corrected chi connectivity index (χ4v) is 2.62. The predicted octanol–water partition coefficient (Wildman–Crippen LogP) is -1.04. The summed E-state index contributed by atoms with van der Waals surface area (Å²) in [5.74, 6) is 0.869. The first-order valence-electron chi connectivity index (χ1n) is 6.93. The molecule has 0 aromatic carbocycles. The van der Waals surface area contributed by atoms with Crippen molar-refractivity contribution < 1.29 is 51.0 Å². The van der Waals surface area contributed by atoms with Crippen molar-refractivity contribution in [3.05, 3.63) is 47.6 Å². The number of hydrogen-bond donors (Lipinski definition) is 0. The monoisotopic (exact) mass is 386 g/mol. The molecule has 0 heterocycles. The standard InChI is InChI=1S/C12H17.C5H5.2ClH.Zr/c1-2-10-7-8-12(9-10)11-5-3-4-6-11;1-2-4-5-3-1;;;/h8,11H,2-7H2,1H3;1-3H,4H2;2*1H;/q2*-1;;;+4/p-2. The van der Waals surface area contributed by atoms with Gasteiger partial charge in [0.15, 0.2) is 0 Å². The molecule has 20 heavy (non-hydrogen) atoms. The minimum absolute atomic E-state index is 0. The Morgan fingerprint density at radius 3 is 2.30 bits per heavy atom. The molecule has 3 rings (SSSR count). The van der Waals surface area contributed by atoms with E-state index in [1.807, 2.05) is 12.2 Å². The maximum atomic E-state index is 3.56. The Balaban J connectivity index is 0. The zero-order valence-electron chi connectivity index (χ0n) is 12.1. The van der Waals surface area contributed by atoms with Crippen LogP contribution in [0.15, 0.2) is 35.5 Å². The van der Waals surface area contributed by atoms with Crippen LogP contribution in [-0.2, 0) is 26.2 Å². The zero-order chi connectivity index (χ0) is 11.9. The van der Waals surface area contributed by atoms with Crippen molar-refractivity contribution >= 4 is 0 Å². The van der Waals surface area contributed by atoms with E-state index in [1.165, 1.54) is 49.7 Å². The van der Waals surface area contributed by atoms with Crippen LogP contribution in [0, 0.1) is 18.1 Å². The van der Waals surface area contributed by atoms with E-state index in [1.54, 1.807) is 0 Å². The Morgan fingerprint density at radius 1 is 1.20 bits per heavy atom. The van der Waals surface area contributed by atoms with Crippen LogP contribution in [0.4, 0.5) is 0 Å². The van der Waals surface area contributed by atoms with E-state index < -0.39 is 0 Å². The summed E-state index contributed by atoms with van der Waals surface area (Å²) in [5, 5.41) is 0. The molecular formula is C17H22Cl2Zr. The molecule has 0 atom stereocenters. The summed E-state index contributed by atoms with van der Waals surface area (Å²) in [6.07, 6.45) is 24.0. The molecule has 0 nitrogen and oxygen atoms in total. The maximum Gasteiger partial charge on any atom is 4.00 e. The van der Waals surface area contributed by atoms with E-state index in [9.17, 15) is 0 Å². The molecule has 0 N–H and O–H groups in total. The molecule has 0 saturated heterocycles. The Kier molecular flexibility index (Phi) is 14.9. The molecule has 1 fully saturated rings. The first kappa shape index (κ1) is 22.7. The minimum atomic E-state index is 0. The quantitative estimate of drug-likeness (QED) is 0.530. The minimum Gasteiger partial charge on any atom is -1.00 e. The first-order chi connectivity index (χ1) is 8.40. The van der Waals surface area contributed by atoms with Crippen molar-refractivity contribution in [1.82, 2.24) is 0 Å². The summed E-state index contributed by atoms with van der Waals surface area (Å²) in [6.45, 7) is 2.23. The Morgan fingerprint density at radius 2 is 1.90 bits per heavy atom. The van der Waals surface area contributed by atoms with Gasteiger partial charge in [-0.1, -0.05) is 32.6 Å². The Hall–Kier alpha value is 0.423. The molecule has 0 aliphatic heterocycles. The van der Waals surface area contributed by atoms with Crippen LogP contribution >= 0.6 is 0 Å². The summed E-state index contributed by atoms with van der Waals surface area (Å²) in [4.78, 5) is 0. The van der Waals surface area contributed by atoms with Crippen molar-refractivity contribution in [3.8, 4) is 0 Å². The van der Waals surface area contributed by atoms with Crippen molar-refractivity contribution in [1.29, 1.82) is 0 Å². The van der Waals surface area contributed by atoms with E-state index in [0.29, 0.717) is 0 Å². The molecule has 0 amide bonds. The van der Waals surface area contributed by atoms with Crippen molar-refractivity contribution in [3.63, 3.8) is 0 Å². The molecule has 0 aromatic heterocycles. The van der Waals surface area contributed by atoms with Gasteiger partial charge in [-0.25, -0.2) is 29.9 Å². The molecule has 0 unspecified atom stereocenters. The summed E-state index contributed by atoms with van der Waals surface area (Å²) in [5.41, 5.74) is 3.04. The van der Waals surface area contributed by atoms with Gasteiger partial charge >= 0.3 is 26.2 Å². The zero-order valence-corrected chi connectivity index (χ0v) is 16.1. The Bertz CT molecular complexity index is 351. The average molecular weight is 388 g/mol. The third-order valence-electron chi connectivity index (χ3n) is 3.70. The number of halogens is 2. The number of rotatable bonds is 2. The van der Waals surface area contributed by atoms with E-state index in [4.69, 9.17) is 0 Å². The molecule has 3 aliphatic carbocycles. The van der Waals surface area contributed by atoms with E-state index in [-0.39, 0.29) is 51.0 Å². The topological polar surface area (TPSA) is 0 Å². The van der Waals surface area contributed by atoms with Gasteiger partial charge in [-0.05, 0) is 18.8 Å². The Labute approximate surface area is 155 Å². The first-order valence-corrected chi connectivity index (χ1v) is 6.93. The van der Waals surface area contributed by atoms with Crippen LogP contribution < -0.4 is 24.8 Å². The van der Waals surface area contributed by atoms with Crippen LogP contribution in [0.2, 0.25) is 0 Å². The second kappa shape index (κ2) is 13.1. The van der Waals surface area contributed by atoms with Gasteiger partial charge in [0, 0.05) is 0 Å². The van der Waals surface area contributed by atoms with Crippen molar-refractivity contribution in [2.75, 3.05) is 0 Å². The van der Waals surface area contributed by atoms with Crippen LogP contribution in [0.25, 0.3) is 0 Å². The molecule has 3 aliphatic rings. The second-order valence-electron chi connectivity index (χ2n) is 4.93. The number of hydrogen-bond acceptors (Lipinski definition) is 0. The van der Waals surface area contributed by atoms with E-state index in [0.717, 1.165) is 12.3 Å². The molecule has 3 heteroatoms. The largest absolute Gasteiger partial charge is 4.00 e.